The maximum atomic E-state index is 14.7. The van der Waals surface area contributed by atoms with E-state index in [0.29, 0.717) is 9.14 Å². The highest BCUT2D eigenvalue weighted by Gasteiger charge is 2.37. The summed E-state index contributed by atoms with van der Waals surface area (Å²) in [4.78, 5) is 0. The van der Waals surface area contributed by atoms with Crippen molar-refractivity contribution < 1.29 is 4.39 Å². The van der Waals surface area contributed by atoms with Crippen LogP contribution in [0.1, 0.15) is 19.4 Å². The number of allylic oxidation sites excluding steroid dienone is 1. The minimum Gasteiger partial charge on any atom is -0.233 e. The average Bonchev–Trinajstić information content (AvgIpc) is 2.17. The second-order valence-electron chi connectivity index (χ2n) is 3.64. The molecule has 1 aromatic carbocycles. The molecule has 14 heavy (non-hydrogen) atoms. The third-order valence-electron chi connectivity index (χ3n) is 2.38. The van der Waals surface area contributed by atoms with Gasteiger partial charge in [0.1, 0.15) is 0 Å². The van der Waals surface area contributed by atoms with Crippen LogP contribution in [-0.2, 0) is 5.67 Å². The van der Waals surface area contributed by atoms with Crippen LogP contribution in [0, 0.1) is 5.92 Å². The molecule has 0 aliphatic rings. The summed E-state index contributed by atoms with van der Waals surface area (Å²) in [6.07, 6.45) is 0. The number of benzene rings is 1. The summed E-state index contributed by atoms with van der Waals surface area (Å²) in [5.41, 5.74) is -0.726. The molecule has 0 amide bonds. The Labute approximate surface area is 98.4 Å². The van der Waals surface area contributed by atoms with Gasteiger partial charge in [0.05, 0.1) is 0 Å². The van der Waals surface area contributed by atoms with E-state index >= 15 is 0 Å². The molecular weight excluding hydrogens is 290 g/mol. The van der Waals surface area contributed by atoms with Crippen LogP contribution >= 0.6 is 22.6 Å². The van der Waals surface area contributed by atoms with Crippen molar-refractivity contribution >= 4 is 22.6 Å². The second kappa shape index (κ2) is 4.43. The third kappa shape index (κ3) is 2.00. The standard InChI is InChI=1S/C12H14FI/c1-9(2)12(13,10(3)14)11-7-5-4-6-8-11/h4-9H,3H2,1-2H3/t12-/m1/s1. The van der Waals surface area contributed by atoms with Gasteiger partial charge in [-0.15, -0.1) is 0 Å². The third-order valence-corrected chi connectivity index (χ3v) is 3.17. The Morgan fingerprint density at radius 3 is 2.21 bits per heavy atom. The van der Waals surface area contributed by atoms with Crippen LogP contribution in [0.2, 0.25) is 0 Å². The van der Waals surface area contributed by atoms with E-state index in [1.165, 1.54) is 0 Å². The molecule has 76 valence electrons. The van der Waals surface area contributed by atoms with Gasteiger partial charge in [-0.2, -0.15) is 0 Å². The fourth-order valence-electron chi connectivity index (χ4n) is 1.48. The highest BCUT2D eigenvalue weighted by molar-refractivity contribution is 14.1. The second-order valence-corrected chi connectivity index (χ2v) is 4.94. The number of rotatable bonds is 3. The Kier molecular flexibility index (Phi) is 3.70. The zero-order valence-corrected chi connectivity index (χ0v) is 10.6. The molecule has 0 bridgehead atoms. The minimum absolute atomic E-state index is 0.103. The van der Waals surface area contributed by atoms with E-state index in [4.69, 9.17) is 0 Å². The van der Waals surface area contributed by atoms with Gasteiger partial charge in [-0.25, -0.2) is 4.39 Å². The molecule has 0 aliphatic heterocycles. The highest BCUT2D eigenvalue weighted by Crippen LogP contribution is 2.42. The molecular formula is C12H14FI. The summed E-state index contributed by atoms with van der Waals surface area (Å²) in [5, 5.41) is 0. The van der Waals surface area contributed by atoms with E-state index in [-0.39, 0.29) is 5.92 Å². The van der Waals surface area contributed by atoms with E-state index in [1.54, 1.807) is 0 Å². The van der Waals surface area contributed by atoms with Crippen LogP contribution in [0.5, 0.6) is 0 Å². The van der Waals surface area contributed by atoms with Gasteiger partial charge < -0.3 is 0 Å². The fraction of sp³-hybridized carbons (Fsp3) is 0.333. The molecule has 0 spiro atoms. The lowest BCUT2D eigenvalue weighted by atomic mass is 9.85. The predicted molar refractivity (Wildman–Crippen MR) is 67.2 cm³/mol. The molecule has 0 N–H and O–H groups in total. The first kappa shape index (κ1) is 11.7. The Morgan fingerprint density at radius 1 is 1.36 bits per heavy atom. The normalized spacial score (nSPS) is 15.2. The fourth-order valence-corrected chi connectivity index (χ4v) is 2.42. The molecule has 0 aliphatic carbocycles. The Bertz CT molecular complexity index is 318. The summed E-state index contributed by atoms with van der Waals surface area (Å²) < 4.78 is 15.2. The lowest BCUT2D eigenvalue weighted by Crippen LogP contribution is -2.26. The Hall–Kier alpha value is -0.380. The van der Waals surface area contributed by atoms with Crippen molar-refractivity contribution in [3.05, 3.63) is 46.1 Å². The van der Waals surface area contributed by atoms with Gasteiger partial charge in [-0.3, -0.25) is 0 Å². The minimum atomic E-state index is -1.41. The van der Waals surface area contributed by atoms with Crippen molar-refractivity contribution in [3.63, 3.8) is 0 Å². The molecule has 2 heteroatoms. The molecule has 0 heterocycles. The van der Waals surface area contributed by atoms with Gasteiger partial charge >= 0.3 is 0 Å². The quantitative estimate of drug-likeness (QED) is 0.723. The van der Waals surface area contributed by atoms with E-state index in [1.807, 2.05) is 66.8 Å². The van der Waals surface area contributed by atoms with Crippen LogP contribution in [0.15, 0.2) is 40.5 Å². The van der Waals surface area contributed by atoms with Crippen LogP contribution in [0.4, 0.5) is 4.39 Å². The SMILES string of the molecule is C=C(I)[C@@](F)(c1ccccc1)C(C)C. The van der Waals surface area contributed by atoms with Crippen molar-refractivity contribution in [2.45, 2.75) is 19.5 Å². The van der Waals surface area contributed by atoms with Crippen molar-refractivity contribution in [2.24, 2.45) is 5.92 Å². The van der Waals surface area contributed by atoms with Gasteiger partial charge in [0.2, 0.25) is 0 Å². The van der Waals surface area contributed by atoms with Crippen LogP contribution in [0.25, 0.3) is 0 Å². The summed E-state index contributed by atoms with van der Waals surface area (Å²) in [6.45, 7) is 7.48. The summed E-state index contributed by atoms with van der Waals surface area (Å²) in [7, 11) is 0. The van der Waals surface area contributed by atoms with E-state index in [2.05, 4.69) is 6.58 Å². The first-order chi connectivity index (χ1) is 6.49. The van der Waals surface area contributed by atoms with Crippen molar-refractivity contribution in [1.82, 2.24) is 0 Å². The van der Waals surface area contributed by atoms with Gasteiger partial charge in [-0.1, -0.05) is 50.8 Å². The molecule has 0 aromatic heterocycles. The first-order valence-corrected chi connectivity index (χ1v) is 5.66. The van der Waals surface area contributed by atoms with E-state index in [9.17, 15) is 4.39 Å². The zero-order chi connectivity index (χ0) is 10.8. The predicted octanol–water partition coefficient (Wildman–Crippen LogP) is 4.46. The van der Waals surface area contributed by atoms with Crippen LogP contribution in [-0.4, -0.2) is 0 Å². The molecule has 0 fully saturated rings. The number of alkyl halides is 1. The Balaban J connectivity index is 3.20. The maximum Gasteiger partial charge on any atom is 0.168 e. The lowest BCUT2D eigenvalue weighted by molar-refractivity contribution is 0.158. The maximum absolute atomic E-state index is 14.7. The Morgan fingerprint density at radius 2 is 1.86 bits per heavy atom. The average molecular weight is 304 g/mol. The summed E-state index contributed by atoms with van der Waals surface area (Å²) in [6, 6.07) is 9.21. The highest BCUT2D eigenvalue weighted by atomic mass is 127. The molecule has 0 nitrogen and oxygen atoms in total. The lowest BCUT2D eigenvalue weighted by Gasteiger charge is -2.29. The smallest absolute Gasteiger partial charge is 0.168 e. The molecule has 0 unspecified atom stereocenters. The molecule has 0 radical (unpaired) electrons. The largest absolute Gasteiger partial charge is 0.233 e. The molecule has 0 saturated heterocycles. The topological polar surface area (TPSA) is 0 Å². The molecule has 1 aromatic rings. The van der Waals surface area contributed by atoms with Crippen LogP contribution in [0.3, 0.4) is 0 Å². The molecule has 1 rings (SSSR count). The van der Waals surface area contributed by atoms with Gasteiger partial charge in [0.25, 0.3) is 0 Å². The van der Waals surface area contributed by atoms with Crippen molar-refractivity contribution in [1.29, 1.82) is 0 Å². The van der Waals surface area contributed by atoms with Crippen molar-refractivity contribution in [3.8, 4) is 0 Å². The van der Waals surface area contributed by atoms with E-state index in [0.717, 1.165) is 0 Å². The number of hydrogen-bond donors (Lipinski definition) is 0. The van der Waals surface area contributed by atoms with Crippen molar-refractivity contribution in [2.75, 3.05) is 0 Å². The van der Waals surface area contributed by atoms with Gasteiger partial charge in [-0.05, 0) is 34.1 Å². The number of hydrogen-bond acceptors (Lipinski definition) is 0. The van der Waals surface area contributed by atoms with Gasteiger partial charge in [0, 0.05) is 3.58 Å². The number of halogens is 2. The first-order valence-electron chi connectivity index (χ1n) is 4.59. The van der Waals surface area contributed by atoms with Gasteiger partial charge in [0.15, 0.2) is 5.67 Å². The molecule has 1 atom stereocenters. The zero-order valence-electron chi connectivity index (χ0n) is 8.43. The summed E-state index contributed by atoms with van der Waals surface area (Å²) in [5.74, 6) is -0.103. The van der Waals surface area contributed by atoms with E-state index < -0.39 is 5.67 Å². The monoisotopic (exact) mass is 304 g/mol. The summed E-state index contributed by atoms with van der Waals surface area (Å²) >= 11 is 1.97. The van der Waals surface area contributed by atoms with Crippen LogP contribution < -0.4 is 0 Å². The molecule has 0 saturated carbocycles.